The summed E-state index contributed by atoms with van der Waals surface area (Å²) in [6, 6.07) is 5.43. The molecule has 1 aromatic carbocycles. The Labute approximate surface area is 168 Å². The fraction of sp³-hybridized carbons (Fsp3) is 0.400. The first kappa shape index (κ1) is 21.7. The Hall–Kier alpha value is -2.55. The number of hydrogen-bond donors (Lipinski definition) is 1. The van der Waals surface area contributed by atoms with Gasteiger partial charge in [-0.1, -0.05) is 47.1 Å². The Morgan fingerprint density at radius 3 is 2.32 bits per heavy atom. The van der Waals surface area contributed by atoms with Gasteiger partial charge in [-0.05, 0) is 71.9 Å². The predicted molar refractivity (Wildman–Crippen MR) is 118 cm³/mol. The predicted octanol–water partition coefficient (Wildman–Crippen LogP) is 6.77. The summed E-state index contributed by atoms with van der Waals surface area (Å²) in [5, 5.41) is 11.2. The molecular formula is C25H32O3. The molecule has 2 aromatic rings. The highest BCUT2D eigenvalue weighted by Gasteiger charge is 2.14. The Kier molecular flexibility index (Phi) is 7.86. The Balaban J connectivity index is 2.02. The van der Waals surface area contributed by atoms with Crippen LogP contribution in [0.2, 0.25) is 0 Å². The highest BCUT2D eigenvalue weighted by Crippen LogP contribution is 2.29. The normalized spacial score (nSPS) is 12.5. The van der Waals surface area contributed by atoms with E-state index in [1.54, 1.807) is 6.07 Å². The van der Waals surface area contributed by atoms with E-state index in [2.05, 4.69) is 39.8 Å². The standard InChI is InChI=1S/C25H32O3/c1-17(2)9-6-10-18(3)11-7-12-19(4)15-16-21-24(26)23-20(5)13-8-14-22(23)28-25(21)27/h8-9,11,13-15,26H,6-7,10,12,16H2,1-5H3/b18-11+,19-15+. The van der Waals surface area contributed by atoms with Crippen molar-refractivity contribution in [2.24, 2.45) is 0 Å². The van der Waals surface area contributed by atoms with Gasteiger partial charge in [0.15, 0.2) is 0 Å². The maximum atomic E-state index is 12.3. The second-order valence-electron chi connectivity index (χ2n) is 7.83. The minimum atomic E-state index is -0.463. The molecule has 0 saturated carbocycles. The van der Waals surface area contributed by atoms with E-state index >= 15 is 0 Å². The fourth-order valence-corrected chi connectivity index (χ4v) is 3.23. The largest absolute Gasteiger partial charge is 0.507 e. The maximum Gasteiger partial charge on any atom is 0.343 e. The van der Waals surface area contributed by atoms with Gasteiger partial charge in [-0.25, -0.2) is 4.79 Å². The molecule has 0 aliphatic carbocycles. The van der Waals surface area contributed by atoms with E-state index in [9.17, 15) is 9.90 Å². The van der Waals surface area contributed by atoms with Crippen molar-refractivity contribution in [2.45, 2.75) is 66.7 Å². The lowest BCUT2D eigenvalue weighted by Gasteiger charge is -2.07. The van der Waals surface area contributed by atoms with Gasteiger partial charge in [0.25, 0.3) is 0 Å². The van der Waals surface area contributed by atoms with Crippen molar-refractivity contribution < 1.29 is 9.52 Å². The molecule has 2 rings (SSSR count). The number of rotatable bonds is 8. The van der Waals surface area contributed by atoms with Gasteiger partial charge in [0, 0.05) is 6.42 Å². The van der Waals surface area contributed by atoms with Crippen molar-refractivity contribution in [3.05, 3.63) is 74.7 Å². The first-order valence-corrected chi connectivity index (χ1v) is 9.98. The van der Waals surface area contributed by atoms with Gasteiger partial charge in [-0.2, -0.15) is 0 Å². The molecule has 150 valence electrons. The van der Waals surface area contributed by atoms with E-state index in [0.717, 1.165) is 31.2 Å². The van der Waals surface area contributed by atoms with Crippen LogP contribution in [0, 0.1) is 6.92 Å². The van der Waals surface area contributed by atoms with Crippen LogP contribution in [0.15, 0.2) is 62.4 Å². The summed E-state index contributed by atoms with van der Waals surface area (Å²) in [6.07, 6.45) is 11.1. The Morgan fingerprint density at radius 2 is 1.64 bits per heavy atom. The van der Waals surface area contributed by atoms with Gasteiger partial charge >= 0.3 is 5.63 Å². The van der Waals surface area contributed by atoms with Gasteiger partial charge < -0.3 is 9.52 Å². The van der Waals surface area contributed by atoms with Gasteiger partial charge in [0.2, 0.25) is 0 Å². The molecule has 0 radical (unpaired) electrons. The topological polar surface area (TPSA) is 50.4 Å². The van der Waals surface area contributed by atoms with Crippen molar-refractivity contribution in [1.29, 1.82) is 0 Å². The average molecular weight is 381 g/mol. The number of aromatic hydroxyl groups is 1. The second-order valence-corrected chi connectivity index (χ2v) is 7.83. The first-order chi connectivity index (χ1) is 13.3. The molecule has 0 atom stereocenters. The van der Waals surface area contributed by atoms with E-state index in [-0.39, 0.29) is 5.75 Å². The quantitative estimate of drug-likeness (QED) is 0.406. The third-order valence-corrected chi connectivity index (χ3v) is 4.98. The summed E-state index contributed by atoms with van der Waals surface area (Å²) in [4.78, 5) is 12.3. The molecule has 3 nitrogen and oxygen atoms in total. The van der Waals surface area contributed by atoms with Gasteiger partial charge in [0.05, 0.1) is 10.9 Å². The van der Waals surface area contributed by atoms with E-state index < -0.39 is 5.63 Å². The lowest BCUT2D eigenvalue weighted by Crippen LogP contribution is -2.07. The van der Waals surface area contributed by atoms with E-state index in [4.69, 9.17) is 4.42 Å². The summed E-state index contributed by atoms with van der Waals surface area (Å²) in [7, 11) is 0. The summed E-state index contributed by atoms with van der Waals surface area (Å²) in [5.74, 6) is 0.0448. The van der Waals surface area contributed by atoms with Crippen molar-refractivity contribution in [1.82, 2.24) is 0 Å². The molecule has 1 N–H and O–H groups in total. The lowest BCUT2D eigenvalue weighted by molar-refractivity contribution is 0.459. The number of fused-ring (bicyclic) bond motifs is 1. The van der Waals surface area contributed by atoms with Gasteiger partial charge in [0.1, 0.15) is 11.3 Å². The summed E-state index contributed by atoms with van der Waals surface area (Å²) >= 11 is 0. The molecule has 0 unspecified atom stereocenters. The molecule has 1 aromatic heterocycles. The molecule has 0 saturated heterocycles. The number of benzene rings is 1. The van der Waals surface area contributed by atoms with Crippen LogP contribution in [0.3, 0.4) is 0 Å². The summed E-state index contributed by atoms with van der Waals surface area (Å²) in [6.45, 7) is 10.4. The SMILES string of the molecule is CC(C)=CCC/C(C)=C/CC/C(C)=C/Cc1c(O)c2c(C)cccc2oc1=O. The van der Waals surface area contributed by atoms with Crippen LogP contribution in [0.1, 0.15) is 64.5 Å². The second kappa shape index (κ2) is 10.1. The minimum Gasteiger partial charge on any atom is -0.507 e. The summed E-state index contributed by atoms with van der Waals surface area (Å²) < 4.78 is 5.39. The minimum absolute atomic E-state index is 0.0448. The lowest BCUT2D eigenvalue weighted by atomic mass is 10.0. The summed E-state index contributed by atoms with van der Waals surface area (Å²) in [5.41, 5.74) is 5.17. The van der Waals surface area contributed by atoms with Crippen LogP contribution in [-0.4, -0.2) is 5.11 Å². The number of hydrogen-bond acceptors (Lipinski definition) is 3. The smallest absolute Gasteiger partial charge is 0.343 e. The Morgan fingerprint density at radius 1 is 1.00 bits per heavy atom. The van der Waals surface area contributed by atoms with E-state index in [1.807, 2.05) is 25.1 Å². The zero-order chi connectivity index (χ0) is 20.7. The number of allylic oxidation sites excluding steroid dienone is 6. The van der Waals surface area contributed by atoms with Crippen LogP contribution in [-0.2, 0) is 6.42 Å². The van der Waals surface area contributed by atoms with Crippen molar-refractivity contribution in [3.63, 3.8) is 0 Å². The van der Waals surface area contributed by atoms with Crippen LogP contribution in [0.25, 0.3) is 11.0 Å². The van der Waals surface area contributed by atoms with Crippen molar-refractivity contribution in [2.75, 3.05) is 0 Å². The van der Waals surface area contributed by atoms with E-state index in [0.29, 0.717) is 23.0 Å². The zero-order valence-corrected chi connectivity index (χ0v) is 17.8. The fourth-order valence-electron chi connectivity index (χ4n) is 3.23. The molecule has 28 heavy (non-hydrogen) atoms. The molecule has 0 bridgehead atoms. The molecule has 0 amide bonds. The Bertz CT molecular complexity index is 967. The van der Waals surface area contributed by atoms with Crippen LogP contribution in [0.5, 0.6) is 5.75 Å². The highest BCUT2D eigenvalue weighted by molar-refractivity contribution is 5.87. The molecule has 0 aliphatic heterocycles. The van der Waals surface area contributed by atoms with Crippen LogP contribution in [0.4, 0.5) is 0 Å². The molecule has 1 heterocycles. The average Bonchev–Trinajstić information content (AvgIpc) is 2.61. The van der Waals surface area contributed by atoms with Crippen LogP contribution < -0.4 is 5.63 Å². The molecule has 3 heteroatoms. The highest BCUT2D eigenvalue weighted by atomic mass is 16.4. The maximum absolute atomic E-state index is 12.3. The molecular weight excluding hydrogens is 348 g/mol. The molecule has 0 aliphatic rings. The van der Waals surface area contributed by atoms with Crippen molar-refractivity contribution >= 4 is 11.0 Å². The van der Waals surface area contributed by atoms with Crippen molar-refractivity contribution in [3.8, 4) is 5.75 Å². The van der Waals surface area contributed by atoms with Gasteiger partial charge in [-0.3, -0.25) is 0 Å². The van der Waals surface area contributed by atoms with Crippen LogP contribution >= 0.6 is 0 Å². The van der Waals surface area contributed by atoms with Gasteiger partial charge in [-0.15, -0.1) is 0 Å². The first-order valence-electron chi connectivity index (χ1n) is 9.98. The number of aryl methyl sites for hydroxylation is 1. The zero-order valence-electron chi connectivity index (χ0n) is 17.8. The molecule has 0 fully saturated rings. The monoisotopic (exact) mass is 380 g/mol. The van der Waals surface area contributed by atoms with E-state index in [1.165, 1.54) is 16.7 Å². The third kappa shape index (κ3) is 5.98. The molecule has 0 spiro atoms. The third-order valence-electron chi connectivity index (χ3n) is 4.98.